The zero-order valence-corrected chi connectivity index (χ0v) is 12.5. The molecular formula is C17H17FN2O3. The Kier molecular flexibility index (Phi) is 4.41. The Labute approximate surface area is 132 Å². The maximum Gasteiger partial charge on any atom is 0.309 e. The van der Waals surface area contributed by atoms with Crippen molar-refractivity contribution in [2.75, 3.05) is 0 Å². The fourth-order valence-electron chi connectivity index (χ4n) is 2.73. The van der Waals surface area contributed by atoms with E-state index in [0.717, 1.165) is 36.1 Å². The number of aryl methyl sites for hydroxylation is 1. The van der Waals surface area contributed by atoms with Gasteiger partial charge in [0.1, 0.15) is 11.6 Å². The monoisotopic (exact) mass is 316 g/mol. The van der Waals surface area contributed by atoms with Crippen LogP contribution in [-0.4, -0.2) is 11.8 Å². The van der Waals surface area contributed by atoms with Crippen molar-refractivity contribution in [2.45, 2.75) is 31.8 Å². The van der Waals surface area contributed by atoms with Gasteiger partial charge < -0.3 is 15.1 Å². The topological polar surface area (TPSA) is 71.3 Å². The highest BCUT2D eigenvalue weighted by Crippen LogP contribution is 2.30. The molecule has 0 aliphatic heterocycles. The molecule has 0 spiro atoms. The molecule has 5 nitrogen and oxygen atoms in total. The van der Waals surface area contributed by atoms with E-state index in [-0.39, 0.29) is 18.4 Å². The lowest BCUT2D eigenvalue weighted by atomic mass is 9.93. The van der Waals surface area contributed by atoms with Crippen molar-refractivity contribution in [1.82, 2.24) is 10.6 Å². The van der Waals surface area contributed by atoms with E-state index >= 15 is 0 Å². The van der Waals surface area contributed by atoms with Gasteiger partial charge in [0, 0.05) is 18.5 Å². The predicted molar refractivity (Wildman–Crippen MR) is 80.8 cm³/mol. The van der Waals surface area contributed by atoms with Gasteiger partial charge in [0.2, 0.25) is 0 Å². The molecule has 0 bridgehead atoms. The number of benzene rings is 1. The Bertz CT molecular complexity index is 709. The second-order valence-electron chi connectivity index (χ2n) is 5.53. The van der Waals surface area contributed by atoms with E-state index in [1.165, 1.54) is 12.1 Å². The van der Waals surface area contributed by atoms with Crippen molar-refractivity contribution in [3.8, 4) is 0 Å². The molecule has 120 valence electrons. The Hall–Kier alpha value is -2.63. The Morgan fingerprint density at radius 3 is 2.74 bits per heavy atom. The summed E-state index contributed by atoms with van der Waals surface area (Å²) >= 11 is 0. The SMILES string of the molecule is O=C(NCc1ccc(F)cc1)C(=O)N[C@@H]1CCCc2occc21. The van der Waals surface area contributed by atoms with Crippen LogP contribution in [0.15, 0.2) is 41.0 Å². The molecule has 1 aliphatic rings. The van der Waals surface area contributed by atoms with Gasteiger partial charge >= 0.3 is 11.8 Å². The first-order chi connectivity index (χ1) is 11.1. The van der Waals surface area contributed by atoms with Crippen LogP contribution in [0.5, 0.6) is 0 Å². The summed E-state index contributed by atoms with van der Waals surface area (Å²) in [6.07, 6.45) is 4.14. The van der Waals surface area contributed by atoms with Gasteiger partial charge in [-0.15, -0.1) is 0 Å². The zero-order chi connectivity index (χ0) is 16.2. The molecule has 2 amide bonds. The minimum Gasteiger partial charge on any atom is -0.469 e. The Balaban J connectivity index is 1.54. The van der Waals surface area contributed by atoms with Crippen LogP contribution in [0.25, 0.3) is 0 Å². The highest BCUT2D eigenvalue weighted by molar-refractivity contribution is 6.35. The molecule has 1 atom stereocenters. The molecular weight excluding hydrogens is 299 g/mol. The van der Waals surface area contributed by atoms with Crippen molar-refractivity contribution in [1.29, 1.82) is 0 Å². The second kappa shape index (κ2) is 6.64. The zero-order valence-electron chi connectivity index (χ0n) is 12.5. The maximum absolute atomic E-state index is 12.8. The van der Waals surface area contributed by atoms with Crippen molar-refractivity contribution < 1.29 is 18.4 Å². The van der Waals surface area contributed by atoms with Crippen molar-refractivity contribution in [3.63, 3.8) is 0 Å². The summed E-state index contributed by atoms with van der Waals surface area (Å²) in [7, 11) is 0. The number of carbonyl (C=O) groups excluding carboxylic acids is 2. The van der Waals surface area contributed by atoms with E-state index < -0.39 is 11.8 Å². The standard InChI is InChI=1S/C17H17FN2O3/c18-12-6-4-11(5-7-12)10-19-16(21)17(22)20-14-2-1-3-15-13(14)8-9-23-15/h4-9,14H,1-3,10H2,(H,19,21)(H,20,22)/t14-/m1/s1. The summed E-state index contributed by atoms with van der Waals surface area (Å²) < 4.78 is 18.2. The molecule has 1 aromatic heterocycles. The number of hydrogen-bond donors (Lipinski definition) is 2. The van der Waals surface area contributed by atoms with Gasteiger partial charge in [-0.3, -0.25) is 9.59 Å². The number of nitrogens with one attached hydrogen (secondary N) is 2. The van der Waals surface area contributed by atoms with E-state index in [1.807, 2.05) is 6.07 Å². The third kappa shape index (κ3) is 3.59. The summed E-state index contributed by atoms with van der Waals surface area (Å²) in [6, 6.07) is 7.38. The van der Waals surface area contributed by atoms with E-state index in [0.29, 0.717) is 0 Å². The number of fused-ring (bicyclic) bond motifs is 1. The molecule has 0 saturated heterocycles. The molecule has 1 heterocycles. The van der Waals surface area contributed by atoms with E-state index in [4.69, 9.17) is 4.42 Å². The van der Waals surface area contributed by atoms with Crippen molar-refractivity contribution in [3.05, 3.63) is 59.3 Å². The van der Waals surface area contributed by atoms with Gasteiger partial charge in [-0.05, 0) is 36.6 Å². The van der Waals surface area contributed by atoms with Crippen LogP contribution < -0.4 is 10.6 Å². The van der Waals surface area contributed by atoms with Gasteiger partial charge in [0.25, 0.3) is 0 Å². The first kappa shape index (κ1) is 15.3. The fourth-order valence-corrected chi connectivity index (χ4v) is 2.73. The van der Waals surface area contributed by atoms with Crippen LogP contribution in [-0.2, 0) is 22.6 Å². The third-order valence-corrected chi connectivity index (χ3v) is 3.93. The number of furan rings is 1. The molecule has 23 heavy (non-hydrogen) atoms. The first-order valence-corrected chi connectivity index (χ1v) is 7.53. The molecule has 0 fully saturated rings. The van der Waals surface area contributed by atoms with Crippen molar-refractivity contribution in [2.24, 2.45) is 0 Å². The van der Waals surface area contributed by atoms with Gasteiger partial charge in [-0.2, -0.15) is 0 Å². The summed E-state index contributed by atoms with van der Waals surface area (Å²) in [5, 5.41) is 5.26. The van der Waals surface area contributed by atoms with Crippen LogP contribution in [0.4, 0.5) is 4.39 Å². The fraction of sp³-hybridized carbons (Fsp3) is 0.294. The van der Waals surface area contributed by atoms with Gasteiger partial charge in [0.05, 0.1) is 12.3 Å². The number of carbonyl (C=O) groups is 2. The van der Waals surface area contributed by atoms with Gasteiger partial charge in [-0.25, -0.2) is 4.39 Å². The molecule has 0 radical (unpaired) electrons. The largest absolute Gasteiger partial charge is 0.469 e. The number of halogens is 1. The van der Waals surface area contributed by atoms with Crippen LogP contribution in [0.3, 0.4) is 0 Å². The molecule has 2 N–H and O–H groups in total. The van der Waals surface area contributed by atoms with E-state index in [9.17, 15) is 14.0 Å². The lowest BCUT2D eigenvalue weighted by Crippen LogP contribution is -2.41. The molecule has 1 aromatic carbocycles. The minimum atomic E-state index is -0.704. The Morgan fingerprint density at radius 1 is 1.17 bits per heavy atom. The van der Waals surface area contributed by atoms with E-state index in [1.54, 1.807) is 18.4 Å². The van der Waals surface area contributed by atoms with Crippen LogP contribution in [0, 0.1) is 5.82 Å². The summed E-state index contributed by atoms with van der Waals surface area (Å²) in [6.45, 7) is 0.175. The summed E-state index contributed by atoms with van der Waals surface area (Å²) in [4.78, 5) is 23.9. The highest BCUT2D eigenvalue weighted by atomic mass is 19.1. The summed E-state index contributed by atoms with van der Waals surface area (Å²) in [5.41, 5.74) is 1.67. The lowest BCUT2D eigenvalue weighted by Gasteiger charge is -2.22. The van der Waals surface area contributed by atoms with Crippen LogP contribution in [0.2, 0.25) is 0 Å². The first-order valence-electron chi connectivity index (χ1n) is 7.53. The van der Waals surface area contributed by atoms with Crippen molar-refractivity contribution >= 4 is 11.8 Å². The molecule has 6 heteroatoms. The molecule has 2 aromatic rings. The Morgan fingerprint density at radius 2 is 1.96 bits per heavy atom. The quantitative estimate of drug-likeness (QED) is 0.853. The normalized spacial score (nSPS) is 16.5. The average Bonchev–Trinajstić information content (AvgIpc) is 3.03. The second-order valence-corrected chi connectivity index (χ2v) is 5.53. The predicted octanol–water partition coefficient (Wildman–Crippen LogP) is 2.23. The molecule has 1 aliphatic carbocycles. The minimum absolute atomic E-state index is 0.175. The van der Waals surface area contributed by atoms with Crippen LogP contribution in [0.1, 0.15) is 35.8 Å². The average molecular weight is 316 g/mol. The molecule has 0 saturated carbocycles. The van der Waals surface area contributed by atoms with Gasteiger partial charge in [0.15, 0.2) is 0 Å². The smallest absolute Gasteiger partial charge is 0.309 e. The number of hydrogen-bond acceptors (Lipinski definition) is 3. The number of rotatable bonds is 3. The maximum atomic E-state index is 12.8. The lowest BCUT2D eigenvalue weighted by molar-refractivity contribution is -0.139. The molecule has 0 unspecified atom stereocenters. The number of amides is 2. The van der Waals surface area contributed by atoms with Gasteiger partial charge in [-0.1, -0.05) is 12.1 Å². The summed E-state index contributed by atoms with van der Waals surface area (Å²) in [5.74, 6) is -0.851. The van der Waals surface area contributed by atoms with E-state index in [2.05, 4.69) is 10.6 Å². The highest BCUT2D eigenvalue weighted by Gasteiger charge is 2.26. The molecule has 3 rings (SSSR count). The third-order valence-electron chi connectivity index (χ3n) is 3.93. The van der Waals surface area contributed by atoms with Crippen LogP contribution >= 0.6 is 0 Å².